The van der Waals surface area contributed by atoms with Crippen LogP contribution in [0, 0.1) is 5.92 Å². The maximum atomic E-state index is 11.4. The van der Waals surface area contributed by atoms with Crippen LogP contribution in [0.3, 0.4) is 0 Å². The maximum absolute atomic E-state index is 11.4. The van der Waals surface area contributed by atoms with Gasteiger partial charge in [0.1, 0.15) is 11.6 Å². The minimum Gasteiger partial charge on any atom is -0.454 e. The van der Waals surface area contributed by atoms with Crippen LogP contribution in [0.5, 0.6) is 11.5 Å². The van der Waals surface area contributed by atoms with Gasteiger partial charge in [-0.05, 0) is 36.5 Å². The minimum absolute atomic E-state index is 0.0898. The molecule has 1 aliphatic carbocycles. The van der Waals surface area contributed by atoms with Crippen molar-refractivity contribution in [2.24, 2.45) is 5.92 Å². The zero-order valence-electron chi connectivity index (χ0n) is 10.7. The number of ether oxygens (including phenoxy) is 2. The Morgan fingerprint density at radius 2 is 1.79 bits per heavy atom. The molecule has 0 bridgehead atoms. The second-order valence-corrected chi connectivity index (χ2v) is 5.25. The zero-order chi connectivity index (χ0) is 13.2. The number of hydrogen-bond acceptors (Lipinski definition) is 4. The van der Waals surface area contributed by atoms with Crippen LogP contribution >= 0.6 is 0 Å². The van der Waals surface area contributed by atoms with Crippen molar-refractivity contribution in [3.8, 4) is 11.5 Å². The highest BCUT2D eigenvalue weighted by Crippen LogP contribution is 2.33. The third kappa shape index (κ3) is 2.78. The first-order valence-electron chi connectivity index (χ1n) is 6.62. The third-order valence-corrected chi connectivity index (χ3v) is 3.71. The molecule has 0 atom stereocenters. The molecule has 1 saturated carbocycles. The summed E-state index contributed by atoms with van der Waals surface area (Å²) in [6, 6.07) is 5.91. The Morgan fingerprint density at radius 3 is 2.58 bits per heavy atom. The van der Waals surface area contributed by atoms with Gasteiger partial charge in [0.2, 0.25) is 6.79 Å². The van der Waals surface area contributed by atoms with Crippen LogP contribution in [0.4, 0.5) is 0 Å². The summed E-state index contributed by atoms with van der Waals surface area (Å²) in [4.78, 5) is 22.8. The third-order valence-electron chi connectivity index (χ3n) is 3.71. The van der Waals surface area contributed by atoms with Crippen molar-refractivity contribution in [2.75, 3.05) is 6.79 Å². The predicted octanol–water partition coefficient (Wildman–Crippen LogP) is 2.29. The van der Waals surface area contributed by atoms with E-state index in [1.165, 1.54) is 0 Å². The fourth-order valence-corrected chi connectivity index (χ4v) is 2.75. The normalized spacial score (nSPS) is 18.9. The van der Waals surface area contributed by atoms with Crippen molar-refractivity contribution in [1.29, 1.82) is 0 Å². The van der Waals surface area contributed by atoms with Crippen molar-refractivity contribution in [3.05, 3.63) is 23.8 Å². The van der Waals surface area contributed by atoms with Crippen LogP contribution in [0.2, 0.25) is 0 Å². The average molecular weight is 260 g/mol. The topological polar surface area (TPSA) is 52.6 Å². The van der Waals surface area contributed by atoms with Gasteiger partial charge in [0.05, 0.1) is 6.42 Å². The van der Waals surface area contributed by atoms with Gasteiger partial charge in [0.15, 0.2) is 11.5 Å². The molecule has 0 radical (unpaired) electrons. The van der Waals surface area contributed by atoms with E-state index in [4.69, 9.17) is 9.47 Å². The molecule has 2 aliphatic rings. The predicted molar refractivity (Wildman–Crippen MR) is 68.2 cm³/mol. The molecule has 0 spiro atoms. The molecular weight excluding hydrogens is 244 g/mol. The highest BCUT2D eigenvalue weighted by Gasteiger charge is 2.25. The number of carbonyl (C=O) groups is 2. The zero-order valence-corrected chi connectivity index (χ0v) is 10.7. The van der Waals surface area contributed by atoms with Crippen LogP contribution < -0.4 is 9.47 Å². The summed E-state index contributed by atoms with van der Waals surface area (Å²) < 4.78 is 10.6. The van der Waals surface area contributed by atoms with Crippen LogP contribution in [-0.4, -0.2) is 18.4 Å². The van der Waals surface area contributed by atoms with Gasteiger partial charge in [-0.1, -0.05) is 6.07 Å². The lowest BCUT2D eigenvalue weighted by Crippen LogP contribution is -2.22. The smallest absolute Gasteiger partial charge is 0.231 e. The van der Waals surface area contributed by atoms with E-state index in [9.17, 15) is 9.59 Å². The van der Waals surface area contributed by atoms with Gasteiger partial charge in [0.25, 0.3) is 0 Å². The Labute approximate surface area is 111 Å². The molecule has 4 nitrogen and oxygen atoms in total. The maximum Gasteiger partial charge on any atom is 0.231 e. The number of fused-ring (bicyclic) bond motifs is 1. The first-order chi connectivity index (χ1) is 9.20. The summed E-state index contributed by atoms with van der Waals surface area (Å²) in [6.45, 7) is 0.282. The molecule has 3 rings (SSSR count). The van der Waals surface area contributed by atoms with Crippen LogP contribution in [0.25, 0.3) is 0 Å². The monoisotopic (exact) mass is 260 g/mol. The first-order valence-corrected chi connectivity index (χ1v) is 6.62. The quantitative estimate of drug-likeness (QED) is 0.782. The lowest BCUT2D eigenvalue weighted by atomic mass is 9.84. The molecule has 1 fully saturated rings. The number of hydrogen-bond donors (Lipinski definition) is 0. The summed E-state index contributed by atoms with van der Waals surface area (Å²) in [6.07, 6.45) is 2.98. The summed E-state index contributed by atoms with van der Waals surface area (Å²) in [5.74, 6) is 1.96. The summed E-state index contributed by atoms with van der Waals surface area (Å²) in [5, 5.41) is 0. The molecule has 0 saturated heterocycles. The van der Waals surface area contributed by atoms with Gasteiger partial charge in [-0.2, -0.15) is 0 Å². The molecule has 1 aromatic carbocycles. The van der Waals surface area contributed by atoms with Crippen molar-refractivity contribution in [2.45, 2.75) is 32.1 Å². The molecule has 1 heterocycles. The second kappa shape index (κ2) is 5.03. The van der Waals surface area contributed by atoms with Gasteiger partial charge < -0.3 is 9.47 Å². The van der Waals surface area contributed by atoms with E-state index in [-0.39, 0.29) is 30.7 Å². The first kappa shape index (κ1) is 12.2. The van der Waals surface area contributed by atoms with Gasteiger partial charge in [-0.15, -0.1) is 0 Å². The number of Topliss-reactive ketones (excluding diaryl/α,β-unsaturated/α-hetero) is 2. The Hall–Kier alpha value is -1.84. The fraction of sp³-hybridized carbons (Fsp3) is 0.467. The number of rotatable bonds is 3. The Bertz CT molecular complexity index is 505. The molecule has 0 aromatic heterocycles. The highest BCUT2D eigenvalue weighted by molar-refractivity contribution is 6.01. The number of aryl methyl sites for hydroxylation is 1. The standard InChI is InChI=1S/C15H16O4/c16-12-5-11(6-13(17)8-12)2-1-10-3-4-14-15(7-10)19-9-18-14/h3-4,7,11H,1-2,5-6,8-9H2. The lowest BCUT2D eigenvalue weighted by molar-refractivity contribution is -0.131. The van der Waals surface area contributed by atoms with Crippen molar-refractivity contribution in [3.63, 3.8) is 0 Å². The average Bonchev–Trinajstić information content (AvgIpc) is 2.82. The number of carbonyl (C=O) groups excluding carboxylic acids is 2. The van der Waals surface area contributed by atoms with E-state index < -0.39 is 0 Å². The highest BCUT2D eigenvalue weighted by atomic mass is 16.7. The Kier molecular flexibility index (Phi) is 3.23. The molecule has 0 N–H and O–H groups in total. The molecule has 1 aliphatic heterocycles. The van der Waals surface area contributed by atoms with E-state index in [0.29, 0.717) is 12.8 Å². The minimum atomic E-state index is 0.0898. The molecule has 4 heteroatoms. The van der Waals surface area contributed by atoms with Crippen molar-refractivity contribution < 1.29 is 19.1 Å². The number of benzene rings is 1. The summed E-state index contributed by atoms with van der Waals surface area (Å²) in [7, 11) is 0. The Morgan fingerprint density at radius 1 is 1.05 bits per heavy atom. The molecule has 0 unspecified atom stereocenters. The Balaban J connectivity index is 1.60. The van der Waals surface area contributed by atoms with Gasteiger partial charge in [-0.3, -0.25) is 9.59 Å². The van der Waals surface area contributed by atoms with Crippen LogP contribution in [0.1, 0.15) is 31.2 Å². The van der Waals surface area contributed by atoms with Crippen LogP contribution in [0.15, 0.2) is 18.2 Å². The van der Waals surface area contributed by atoms with Gasteiger partial charge >= 0.3 is 0 Å². The van der Waals surface area contributed by atoms with E-state index >= 15 is 0 Å². The van der Waals surface area contributed by atoms with Gasteiger partial charge in [0, 0.05) is 12.8 Å². The summed E-state index contributed by atoms with van der Waals surface area (Å²) in [5.41, 5.74) is 1.16. The fourth-order valence-electron chi connectivity index (χ4n) is 2.75. The molecule has 0 amide bonds. The van der Waals surface area contributed by atoms with E-state index in [1.54, 1.807) is 0 Å². The SMILES string of the molecule is O=C1CC(=O)CC(CCc2ccc3c(c2)OCO3)C1. The lowest BCUT2D eigenvalue weighted by Gasteiger charge is -2.19. The molecule has 100 valence electrons. The molecule has 19 heavy (non-hydrogen) atoms. The summed E-state index contributed by atoms with van der Waals surface area (Å²) >= 11 is 0. The van der Waals surface area contributed by atoms with Crippen molar-refractivity contribution in [1.82, 2.24) is 0 Å². The van der Waals surface area contributed by atoms with Crippen LogP contribution in [-0.2, 0) is 16.0 Å². The molecular formula is C15H16O4. The van der Waals surface area contributed by atoms with E-state index in [2.05, 4.69) is 0 Å². The van der Waals surface area contributed by atoms with E-state index in [0.717, 1.165) is 29.9 Å². The van der Waals surface area contributed by atoms with E-state index in [1.807, 2.05) is 18.2 Å². The number of ketones is 2. The molecule has 1 aromatic rings. The van der Waals surface area contributed by atoms with Gasteiger partial charge in [-0.25, -0.2) is 0 Å². The second-order valence-electron chi connectivity index (χ2n) is 5.25. The largest absolute Gasteiger partial charge is 0.454 e. The van der Waals surface area contributed by atoms with Crippen molar-refractivity contribution >= 4 is 11.6 Å².